The van der Waals surface area contributed by atoms with E-state index in [1.165, 1.54) is 5.56 Å². The molecule has 0 aliphatic carbocycles. The standard InChI is InChI=1S/C41H35N7/c1-4-28(3)42-36-21-22-38(31-12-6-5-11-30(31)36)45-46-40-25-26-41(35-16-10-9-15-34(35)40)48-47-39-24-23-37(32-13-7-8-14-33(32)39)44-43-29-19-17-27(2)18-20-29/h5-26,28,42H,4H2,1-3H3. The molecular weight excluding hydrogens is 591 g/mol. The Kier molecular flexibility index (Phi) is 8.74. The Balaban J connectivity index is 1.19. The highest BCUT2D eigenvalue weighted by molar-refractivity contribution is 6.02. The molecule has 0 bridgehead atoms. The Morgan fingerprint density at radius 3 is 1.21 bits per heavy atom. The van der Waals surface area contributed by atoms with Gasteiger partial charge >= 0.3 is 0 Å². The zero-order chi connectivity index (χ0) is 32.9. The van der Waals surface area contributed by atoms with Crippen LogP contribution in [-0.4, -0.2) is 6.04 Å². The Morgan fingerprint density at radius 1 is 0.438 bits per heavy atom. The van der Waals surface area contributed by atoms with Gasteiger partial charge in [-0.25, -0.2) is 0 Å². The van der Waals surface area contributed by atoms with Crippen LogP contribution in [0.4, 0.5) is 39.8 Å². The van der Waals surface area contributed by atoms with Crippen molar-refractivity contribution < 1.29 is 0 Å². The highest BCUT2D eigenvalue weighted by Crippen LogP contribution is 2.39. The van der Waals surface area contributed by atoms with E-state index >= 15 is 0 Å². The van der Waals surface area contributed by atoms with Gasteiger partial charge in [0.05, 0.1) is 34.1 Å². The lowest BCUT2D eigenvalue weighted by Crippen LogP contribution is -2.13. The van der Waals surface area contributed by atoms with E-state index in [0.717, 1.165) is 78.5 Å². The lowest BCUT2D eigenvalue weighted by molar-refractivity contribution is 0.765. The minimum Gasteiger partial charge on any atom is -0.382 e. The number of azo groups is 3. The summed E-state index contributed by atoms with van der Waals surface area (Å²) in [5.74, 6) is 0. The molecule has 7 aromatic rings. The highest BCUT2D eigenvalue weighted by Gasteiger charge is 2.10. The Morgan fingerprint density at radius 2 is 0.792 bits per heavy atom. The van der Waals surface area contributed by atoms with Crippen LogP contribution in [0.3, 0.4) is 0 Å². The SMILES string of the molecule is CCC(C)Nc1ccc(N=Nc2ccc(N=Nc3ccc(N=Nc4ccc(C)cc4)c4ccccc34)c3ccccc23)c2ccccc12. The largest absolute Gasteiger partial charge is 0.382 e. The molecule has 0 aromatic heterocycles. The summed E-state index contributed by atoms with van der Waals surface area (Å²) in [5.41, 5.74) is 6.97. The summed E-state index contributed by atoms with van der Waals surface area (Å²) in [6.07, 6.45) is 1.04. The van der Waals surface area contributed by atoms with Crippen LogP contribution in [0.1, 0.15) is 25.8 Å². The average molecular weight is 626 g/mol. The first-order valence-corrected chi connectivity index (χ1v) is 16.2. The molecule has 7 aromatic carbocycles. The lowest BCUT2D eigenvalue weighted by atomic mass is 10.1. The molecule has 1 atom stereocenters. The van der Waals surface area contributed by atoms with E-state index in [2.05, 4.69) is 60.6 Å². The normalized spacial score (nSPS) is 12.6. The molecule has 7 heteroatoms. The molecule has 7 rings (SSSR count). The summed E-state index contributed by atoms with van der Waals surface area (Å²) in [6, 6.07) is 44.7. The third kappa shape index (κ3) is 6.44. The van der Waals surface area contributed by atoms with Gasteiger partial charge in [0.15, 0.2) is 0 Å². The number of nitrogens with zero attached hydrogens (tertiary/aromatic N) is 6. The van der Waals surface area contributed by atoms with Gasteiger partial charge in [0.2, 0.25) is 0 Å². The predicted molar refractivity (Wildman–Crippen MR) is 199 cm³/mol. The summed E-state index contributed by atoms with van der Waals surface area (Å²) in [4.78, 5) is 0. The molecule has 1 N–H and O–H groups in total. The summed E-state index contributed by atoms with van der Waals surface area (Å²) in [7, 11) is 0. The van der Waals surface area contributed by atoms with E-state index < -0.39 is 0 Å². The summed E-state index contributed by atoms with van der Waals surface area (Å²) >= 11 is 0. The third-order valence-electron chi connectivity index (χ3n) is 8.51. The summed E-state index contributed by atoms with van der Waals surface area (Å²) < 4.78 is 0. The number of hydrogen-bond acceptors (Lipinski definition) is 7. The van der Waals surface area contributed by atoms with Crippen molar-refractivity contribution in [3.63, 3.8) is 0 Å². The third-order valence-corrected chi connectivity index (χ3v) is 8.51. The fraction of sp³-hybridized carbons (Fsp3) is 0.122. The summed E-state index contributed by atoms with van der Waals surface area (Å²) in [5, 5.41) is 37.5. The lowest BCUT2D eigenvalue weighted by Gasteiger charge is -2.15. The molecule has 234 valence electrons. The summed E-state index contributed by atoms with van der Waals surface area (Å²) in [6.45, 7) is 6.43. The van der Waals surface area contributed by atoms with Gasteiger partial charge in [-0.2, -0.15) is 5.11 Å². The van der Waals surface area contributed by atoms with Crippen LogP contribution in [0.2, 0.25) is 0 Å². The first kappa shape index (κ1) is 30.6. The number of fused-ring (bicyclic) bond motifs is 3. The number of benzene rings is 7. The maximum Gasteiger partial charge on any atom is 0.0936 e. The Bertz CT molecular complexity index is 2340. The number of anilines is 1. The number of hydrogen-bond donors (Lipinski definition) is 1. The van der Waals surface area contributed by atoms with E-state index in [1.54, 1.807) is 0 Å². The van der Waals surface area contributed by atoms with Gasteiger partial charge in [-0.3, -0.25) is 0 Å². The topological polar surface area (TPSA) is 86.2 Å². The molecular formula is C41H35N7. The zero-order valence-corrected chi connectivity index (χ0v) is 27.2. The van der Waals surface area contributed by atoms with Crippen LogP contribution in [0.5, 0.6) is 0 Å². The maximum atomic E-state index is 4.73. The van der Waals surface area contributed by atoms with Gasteiger partial charge in [0.1, 0.15) is 0 Å². The molecule has 7 nitrogen and oxygen atoms in total. The van der Waals surface area contributed by atoms with Crippen molar-refractivity contribution in [1.82, 2.24) is 0 Å². The number of rotatable bonds is 9. The smallest absolute Gasteiger partial charge is 0.0936 e. The second-order valence-electron chi connectivity index (χ2n) is 11.9. The van der Waals surface area contributed by atoms with Crippen molar-refractivity contribution in [2.45, 2.75) is 33.2 Å². The monoisotopic (exact) mass is 625 g/mol. The van der Waals surface area contributed by atoms with E-state index in [4.69, 9.17) is 20.5 Å². The van der Waals surface area contributed by atoms with Crippen LogP contribution in [-0.2, 0) is 0 Å². The van der Waals surface area contributed by atoms with Gasteiger partial charge in [-0.05, 0) is 68.8 Å². The molecule has 0 amide bonds. The van der Waals surface area contributed by atoms with Crippen LogP contribution in [0.25, 0.3) is 32.3 Å². The first-order chi connectivity index (χ1) is 23.6. The first-order valence-electron chi connectivity index (χ1n) is 16.2. The quantitative estimate of drug-likeness (QED) is 0.159. The molecule has 0 heterocycles. The molecule has 0 fully saturated rings. The van der Waals surface area contributed by atoms with Crippen LogP contribution in [0, 0.1) is 6.92 Å². The van der Waals surface area contributed by atoms with Crippen molar-refractivity contribution >= 4 is 72.1 Å². The molecule has 0 radical (unpaired) electrons. The van der Waals surface area contributed by atoms with Crippen molar-refractivity contribution in [3.8, 4) is 0 Å². The zero-order valence-electron chi connectivity index (χ0n) is 27.2. The van der Waals surface area contributed by atoms with E-state index in [9.17, 15) is 0 Å². The predicted octanol–water partition coefficient (Wildman–Crippen LogP) is 13.9. The Hall–Kier alpha value is -6.08. The van der Waals surface area contributed by atoms with Crippen molar-refractivity contribution in [3.05, 3.63) is 139 Å². The molecule has 0 aliphatic heterocycles. The van der Waals surface area contributed by atoms with Gasteiger partial charge in [-0.1, -0.05) is 97.4 Å². The van der Waals surface area contributed by atoms with Crippen LogP contribution >= 0.6 is 0 Å². The molecule has 0 saturated heterocycles. The maximum absolute atomic E-state index is 4.73. The van der Waals surface area contributed by atoms with Crippen molar-refractivity contribution in [2.24, 2.45) is 30.7 Å². The van der Waals surface area contributed by atoms with E-state index in [-0.39, 0.29) is 0 Å². The minimum atomic E-state index is 0.377. The molecule has 0 saturated carbocycles. The minimum absolute atomic E-state index is 0.377. The second kappa shape index (κ2) is 13.7. The van der Waals surface area contributed by atoms with Crippen LogP contribution < -0.4 is 5.32 Å². The number of nitrogens with one attached hydrogen (secondary N) is 1. The van der Waals surface area contributed by atoms with Gasteiger partial charge in [-0.15, -0.1) is 25.6 Å². The Labute approximate surface area is 279 Å². The van der Waals surface area contributed by atoms with Crippen LogP contribution in [0.15, 0.2) is 164 Å². The average Bonchev–Trinajstić information content (AvgIpc) is 3.13. The molecule has 1 unspecified atom stereocenters. The molecule has 0 aliphatic rings. The van der Waals surface area contributed by atoms with Gasteiger partial charge in [0.25, 0.3) is 0 Å². The molecule has 0 spiro atoms. The van der Waals surface area contributed by atoms with Crippen molar-refractivity contribution in [1.29, 1.82) is 0 Å². The number of aryl methyl sites for hydroxylation is 1. The fourth-order valence-corrected chi connectivity index (χ4v) is 5.69. The van der Waals surface area contributed by atoms with E-state index in [1.807, 2.05) is 109 Å². The molecule has 48 heavy (non-hydrogen) atoms. The highest BCUT2D eigenvalue weighted by atomic mass is 15.1. The van der Waals surface area contributed by atoms with Gasteiger partial charge < -0.3 is 5.32 Å². The fourth-order valence-electron chi connectivity index (χ4n) is 5.69. The van der Waals surface area contributed by atoms with Crippen molar-refractivity contribution in [2.75, 3.05) is 5.32 Å². The van der Waals surface area contributed by atoms with E-state index in [0.29, 0.717) is 6.04 Å². The second-order valence-corrected chi connectivity index (χ2v) is 11.9. The van der Waals surface area contributed by atoms with Gasteiger partial charge in [0, 0.05) is 44.0 Å².